The molecule has 3 fully saturated rings. The van der Waals surface area contributed by atoms with Crippen LogP contribution >= 0.6 is 0 Å². The molecule has 2 heterocycles. The van der Waals surface area contributed by atoms with Gasteiger partial charge in [-0.3, -0.25) is 4.79 Å². The maximum absolute atomic E-state index is 12.3. The van der Waals surface area contributed by atoms with Gasteiger partial charge in [-0.2, -0.15) is 0 Å². The number of hydrogen-bond donors (Lipinski definition) is 1. The molecule has 1 aromatic rings. The highest BCUT2D eigenvalue weighted by Crippen LogP contribution is 2.63. The van der Waals surface area contributed by atoms with Crippen LogP contribution in [0, 0.1) is 17.3 Å². The summed E-state index contributed by atoms with van der Waals surface area (Å²) in [7, 11) is 0. The molecule has 2 atom stereocenters. The second kappa shape index (κ2) is 4.59. The largest absolute Gasteiger partial charge is 0.352 e. The highest BCUT2D eigenvalue weighted by atomic mass is 16.1. The Balaban J connectivity index is 1.47. The van der Waals surface area contributed by atoms with Crippen LogP contribution < -0.4 is 10.5 Å². The first-order chi connectivity index (χ1) is 10.1. The fourth-order valence-corrected chi connectivity index (χ4v) is 4.53. The molecular formula is C17H25N3O. The van der Waals surface area contributed by atoms with Crippen molar-refractivity contribution in [3.8, 4) is 0 Å². The summed E-state index contributed by atoms with van der Waals surface area (Å²) in [4.78, 5) is 21.9. The summed E-state index contributed by atoms with van der Waals surface area (Å²) in [6, 6.07) is 0. The quantitative estimate of drug-likeness (QED) is 0.910. The minimum atomic E-state index is -0.0218. The van der Waals surface area contributed by atoms with E-state index in [2.05, 4.69) is 28.7 Å². The number of nitrogens with one attached hydrogen (secondary N) is 1. The number of hydrogen-bond acceptors (Lipinski definition) is 3. The van der Waals surface area contributed by atoms with E-state index in [1.54, 1.807) is 0 Å². The number of aromatic nitrogens is 2. The number of anilines is 1. The molecule has 0 amide bonds. The zero-order valence-corrected chi connectivity index (χ0v) is 13.1. The Kier molecular flexibility index (Phi) is 2.92. The first-order valence-electron chi connectivity index (χ1n) is 8.40. The molecule has 2 saturated carbocycles. The number of H-pyrrole nitrogens is 1. The van der Waals surface area contributed by atoms with Gasteiger partial charge in [0.2, 0.25) is 0 Å². The van der Waals surface area contributed by atoms with E-state index in [9.17, 15) is 4.79 Å². The van der Waals surface area contributed by atoms with E-state index < -0.39 is 0 Å². The molecule has 1 N–H and O–H groups in total. The van der Waals surface area contributed by atoms with E-state index in [-0.39, 0.29) is 5.56 Å². The van der Waals surface area contributed by atoms with Crippen LogP contribution in [0.5, 0.6) is 0 Å². The molecule has 4 heteroatoms. The summed E-state index contributed by atoms with van der Waals surface area (Å²) in [6.07, 6.45) is 8.70. The third kappa shape index (κ3) is 2.29. The lowest BCUT2D eigenvalue weighted by atomic mass is 9.75. The molecule has 1 saturated heterocycles. The van der Waals surface area contributed by atoms with E-state index in [0.717, 1.165) is 30.6 Å². The van der Waals surface area contributed by atoms with Gasteiger partial charge in [0.1, 0.15) is 0 Å². The highest BCUT2D eigenvalue weighted by Gasteiger charge is 2.54. The van der Waals surface area contributed by atoms with E-state index >= 15 is 0 Å². The Labute approximate surface area is 126 Å². The van der Waals surface area contributed by atoms with Crippen LogP contribution in [0.1, 0.15) is 57.6 Å². The van der Waals surface area contributed by atoms with Crippen molar-refractivity contribution in [1.29, 1.82) is 0 Å². The van der Waals surface area contributed by atoms with Gasteiger partial charge in [0, 0.05) is 25.0 Å². The lowest BCUT2D eigenvalue weighted by molar-refractivity contribution is 0.201. The minimum absolute atomic E-state index is 0.0218. The zero-order chi connectivity index (χ0) is 14.6. The second-order valence-electron chi connectivity index (χ2n) is 7.80. The van der Waals surface area contributed by atoms with Crippen molar-refractivity contribution in [2.24, 2.45) is 17.3 Å². The van der Waals surface area contributed by atoms with Crippen LogP contribution in [0.25, 0.3) is 0 Å². The molecule has 4 nitrogen and oxygen atoms in total. The number of aromatic amines is 1. The van der Waals surface area contributed by atoms with Gasteiger partial charge in [-0.05, 0) is 55.3 Å². The Morgan fingerprint density at radius 2 is 1.95 bits per heavy atom. The Hall–Kier alpha value is -1.32. The SMILES string of the molecule is CC(C)c1cnc(N2CCC3(CC2)CC2CC2C3)c(=O)[nH]1. The minimum Gasteiger partial charge on any atom is -0.352 e. The van der Waals surface area contributed by atoms with Crippen LogP contribution in [0.2, 0.25) is 0 Å². The van der Waals surface area contributed by atoms with Crippen LogP contribution in [-0.4, -0.2) is 23.1 Å². The van der Waals surface area contributed by atoms with Crippen LogP contribution in [0.4, 0.5) is 5.82 Å². The molecule has 1 aromatic heterocycles. The van der Waals surface area contributed by atoms with Crippen molar-refractivity contribution in [2.75, 3.05) is 18.0 Å². The molecule has 1 aliphatic heterocycles. The van der Waals surface area contributed by atoms with Crippen molar-refractivity contribution >= 4 is 5.82 Å². The van der Waals surface area contributed by atoms with Gasteiger partial charge in [0.15, 0.2) is 5.82 Å². The monoisotopic (exact) mass is 287 g/mol. The van der Waals surface area contributed by atoms with Gasteiger partial charge in [-0.15, -0.1) is 0 Å². The lowest BCUT2D eigenvalue weighted by Crippen LogP contribution is -2.42. The van der Waals surface area contributed by atoms with E-state index in [0.29, 0.717) is 17.2 Å². The molecule has 1 spiro atoms. The van der Waals surface area contributed by atoms with Gasteiger partial charge < -0.3 is 9.88 Å². The molecule has 0 bridgehead atoms. The molecule has 2 unspecified atom stereocenters. The van der Waals surface area contributed by atoms with Crippen LogP contribution in [0.15, 0.2) is 11.0 Å². The fourth-order valence-electron chi connectivity index (χ4n) is 4.53. The molecule has 3 aliphatic rings. The van der Waals surface area contributed by atoms with Crippen molar-refractivity contribution in [3.63, 3.8) is 0 Å². The average molecular weight is 287 g/mol. The van der Waals surface area contributed by atoms with Gasteiger partial charge in [-0.1, -0.05) is 13.8 Å². The molecule has 0 aromatic carbocycles. The molecule has 114 valence electrons. The number of piperidine rings is 1. The number of nitrogens with zero attached hydrogens (tertiary/aromatic N) is 2. The van der Waals surface area contributed by atoms with Gasteiger partial charge in [0.05, 0.1) is 0 Å². The molecule has 4 rings (SSSR count). The topological polar surface area (TPSA) is 49.0 Å². The summed E-state index contributed by atoms with van der Waals surface area (Å²) in [5.74, 6) is 3.03. The Morgan fingerprint density at radius 1 is 1.29 bits per heavy atom. The molecule has 0 radical (unpaired) electrons. The summed E-state index contributed by atoms with van der Waals surface area (Å²) < 4.78 is 0. The fraction of sp³-hybridized carbons (Fsp3) is 0.765. The van der Waals surface area contributed by atoms with E-state index in [1.165, 1.54) is 32.1 Å². The van der Waals surface area contributed by atoms with E-state index in [4.69, 9.17) is 0 Å². The average Bonchev–Trinajstić information content (AvgIpc) is 3.08. The normalized spacial score (nSPS) is 30.0. The summed E-state index contributed by atoms with van der Waals surface area (Å²) in [6.45, 7) is 6.14. The molecule has 21 heavy (non-hydrogen) atoms. The highest BCUT2D eigenvalue weighted by molar-refractivity contribution is 5.37. The third-order valence-corrected chi connectivity index (χ3v) is 5.99. The summed E-state index contributed by atoms with van der Waals surface area (Å²) >= 11 is 0. The lowest BCUT2D eigenvalue weighted by Gasteiger charge is -2.40. The van der Waals surface area contributed by atoms with Gasteiger partial charge in [-0.25, -0.2) is 4.98 Å². The third-order valence-electron chi connectivity index (χ3n) is 5.99. The zero-order valence-electron chi connectivity index (χ0n) is 13.1. The number of rotatable bonds is 2. The van der Waals surface area contributed by atoms with Crippen molar-refractivity contribution in [3.05, 3.63) is 22.2 Å². The smallest absolute Gasteiger partial charge is 0.291 e. The summed E-state index contributed by atoms with van der Waals surface area (Å²) in [5.41, 5.74) is 1.51. The van der Waals surface area contributed by atoms with Crippen LogP contribution in [0.3, 0.4) is 0 Å². The predicted molar refractivity (Wildman–Crippen MR) is 83.7 cm³/mol. The van der Waals surface area contributed by atoms with Crippen molar-refractivity contribution in [1.82, 2.24) is 9.97 Å². The van der Waals surface area contributed by atoms with Gasteiger partial charge >= 0.3 is 0 Å². The van der Waals surface area contributed by atoms with Crippen molar-refractivity contribution < 1.29 is 0 Å². The maximum Gasteiger partial charge on any atom is 0.291 e. The molecular weight excluding hydrogens is 262 g/mol. The standard InChI is InChI=1S/C17H25N3O/c1-11(2)14-10-18-15(16(21)19-14)20-5-3-17(4-6-20)8-12-7-13(12)9-17/h10-13H,3-9H2,1-2H3,(H,19,21). The van der Waals surface area contributed by atoms with E-state index in [1.807, 2.05) is 6.20 Å². The molecule has 2 aliphatic carbocycles. The van der Waals surface area contributed by atoms with Gasteiger partial charge in [0.25, 0.3) is 5.56 Å². The Morgan fingerprint density at radius 3 is 2.52 bits per heavy atom. The Bertz CT molecular complexity index is 586. The van der Waals surface area contributed by atoms with Crippen molar-refractivity contribution in [2.45, 2.75) is 51.9 Å². The predicted octanol–water partition coefficient (Wildman–Crippen LogP) is 2.91. The number of fused-ring (bicyclic) bond motifs is 1. The second-order valence-corrected chi connectivity index (χ2v) is 7.80. The first-order valence-corrected chi connectivity index (χ1v) is 8.40. The summed E-state index contributed by atoms with van der Waals surface area (Å²) in [5, 5.41) is 0. The maximum atomic E-state index is 12.3. The van der Waals surface area contributed by atoms with Crippen LogP contribution in [-0.2, 0) is 0 Å². The first kappa shape index (κ1) is 13.4.